The molecule has 2 aromatic rings. The predicted octanol–water partition coefficient (Wildman–Crippen LogP) is 4.58. The minimum Gasteiger partial charge on any atom is -0.504 e. The molecule has 2 amide bonds. The van der Waals surface area contributed by atoms with Crippen molar-refractivity contribution in [3.05, 3.63) is 59.7 Å². The Morgan fingerprint density at radius 1 is 1.05 bits per heavy atom. The molecule has 0 aliphatic rings. The number of benzene rings is 2. The first kappa shape index (κ1) is 33.0. The number of anilines is 1. The molecule has 0 aromatic heterocycles. The lowest BCUT2D eigenvalue weighted by molar-refractivity contribution is -0.146. The van der Waals surface area contributed by atoms with Gasteiger partial charge in [0, 0.05) is 29.7 Å². The number of amides is 2. The summed E-state index contributed by atoms with van der Waals surface area (Å²) in [6.07, 6.45) is 3.90. The summed E-state index contributed by atoms with van der Waals surface area (Å²) in [6.45, 7) is 5.35. The van der Waals surface area contributed by atoms with Crippen LogP contribution in [0, 0.1) is 17.3 Å². The summed E-state index contributed by atoms with van der Waals surface area (Å²) in [5.41, 5.74) is 0.690. The molecule has 3 N–H and O–H groups in total. The fourth-order valence-electron chi connectivity index (χ4n) is 4.30. The summed E-state index contributed by atoms with van der Waals surface area (Å²) in [4.78, 5) is 51.0. The number of hydrogen-bond acceptors (Lipinski definition) is 8. The summed E-state index contributed by atoms with van der Waals surface area (Å²) in [7, 11) is 4.20. The first-order valence-electron chi connectivity index (χ1n) is 13.3. The molecule has 0 saturated carbocycles. The van der Waals surface area contributed by atoms with Gasteiger partial charge < -0.3 is 30.0 Å². The molecule has 2 rings (SSSR count). The Bertz CT molecular complexity index is 1240. The molecule has 41 heavy (non-hydrogen) atoms. The van der Waals surface area contributed by atoms with Gasteiger partial charge in [-0.05, 0) is 67.3 Å². The fourth-order valence-corrected chi connectivity index (χ4v) is 4.30. The molecular weight excluding hydrogens is 528 g/mol. The van der Waals surface area contributed by atoms with Gasteiger partial charge in [0.15, 0.2) is 17.3 Å². The largest absolute Gasteiger partial charge is 0.504 e. The van der Waals surface area contributed by atoms with E-state index in [9.17, 15) is 24.3 Å². The lowest BCUT2D eigenvalue weighted by Gasteiger charge is -2.31. The van der Waals surface area contributed by atoms with Crippen molar-refractivity contribution in [3.63, 3.8) is 0 Å². The SMILES string of the molecule is CCC(C)(CC(CC(C)C(=O)OC)C(=O)NCOC)C(=O)Nc1ccc(C(=O)/C=C/c2ccc(O)c(OC)c2)cc1. The van der Waals surface area contributed by atoms with Crippen molar-refractivity contribution < 1.29 is 38.5 Å². The molecule has 0 radical (unpaired) electrons. The third-order valence-corrected chi connectivity index (χ3v) is 7.09. The normalized spacial score (nSPS) is 14.0. The van der Waals surface area contributed by atoms with Crippen LogP contribution in [0.2, 0.25) is 0 Å². The lowest BCUT2D eigenvalue weighted by atomic mass is 9.75. The van der Waals surface area contributed by atoms with Crippen molar-refractivity contribution in [1.29, 1.82) is 0 Å². The van der Waals surface area contributed by atoms with E-state index in [1.165, 1.54) is 33.5 Å². The molecule has 0 aliphatic carbocycles. The summed E-state index contributed by atoms with van der Waals surface area (Å²) >= 11 is 0. The van der Waals surface area contributed by atoms with Gasteiger partial charge in [-0.15, -0.1) is 0 Å². The average molecular weight is 569 g/mol. The molecule has 0 aliphatic heterocycles. The van der Waals surface area contributed by atoms with Gasteiger partial charge in [0.05, 0.1) is 20.1 Å². The van der Waals surface area contributed by atoms with Crippen LogP contribution in [0.1, 0.15) is 56.0 Å². The van der Waals surface area contributed by atoms with Crippen LogP contribution in [0.5, 0.6) is 11.5 Å². The van der Waals surface area contributed by atoms with E-state index in [1.54, 1.807) is 56.3 Å². The number of esters is 1. The number of carbonyl (C=O) groups is 4. The number of carbonyl (C=O) groups excluding carboxylic acids is 4. The van der Waals surface area contributed by atoms with Crippen LogP contribution in [-0.2, 0) is 23.9 Å². The zero-order valence-electron chi connectivity index (χ0n) is 24.5. The number of rotatable bonds is 15. The Morgan fingerprint density at radius 3 is 2.32 bits per heavy atom. The molecule has 3 atom stereocenters. The van der Waals surface area contributed by atoms with Crippen LogP contribution in [0.15, 0.2) is 48.5 Å². The minimum absolute atomic E-state index is 0.00779. The molecule has 222 valence electrons. The maximum absolute atomic E-state index is 13.4. The number of ether oxygens (including phenoxy) is 3. The molecule has 0 spiro atoms. The number of allylic oxidation sites excluding steroid dienone is 1. The van der Waals surface area contributed by atoms with Gasteiger partial charge in [-0.3, -0.25) is 19.2 Å². The third-order valence-electron chi connectivity index (χ3n) is 7.09. The quantitative estimate of drug-likeness (QED) is 0.123. The second-order valence-corrected chi connectivity index (χ2v) is 10.1. The monoisotopic (exact) mass is 568 g/mol. The van der Waals surface area contributed by atoms with Crippen LogP contribution < -0.4 is 15.4 Å². The van der Waals surface area contributed by atoms with Gasteiger partial charge in [-0.25, -0.2) is 0 Å². The van der Waals surface area contributed by atoms with Gasteiger partial charge >= 0.3 is 5.97 Å². The van der Waals surface area contributed by atoms with Gasteiger partial charge in [0.1, 0.15) is 6.73 Å². The zero-order valence-corrected chi connectivity index (χ0v) is 24.5. The van der Waals surface area contributed by atoms with Gasteiger partial charge in [0.25, 0.3) is 0 Å². The summed E-state index contributed by atoms with van der Waals surface area (Å²) in [5, 5.41) is 15.3. The van der Waals surface area contributed by atoms with Crippen LogP contribution >= 0.6 is 0 Å². The van der Waals surface area contributed by atoms with E-state index in [0.29, 0.717) is 29.0 Å². The summed E-state index contributed by atoms with van der Waals surface area (Å²) < 4.78 is 14.9. The van der Waals surface area contributed by atoms with Crippen LogP contribution in [-0.4, -0.2) is 56.7 Å². The number of aromatic hydroxyl groups is 1. The van der Waals surface area contributed by atoms with Crippen molar-refractivity contribution in [2.75, 3.05) is 33.4 Å². The highest BCUT2D eigenvalue weighted by Gasteiger charge is 2.38. The smallest absolute Gasteiger partial charge is 0.308 e. The highest BCUT2D eigenvalue weighted by molar-refractivity contribution is 6.07. The average Bonchev–Trinajstić information content (AvgIpc) is 2.98. The third kappa shape index (κ3) is 9.46. The Kier molecular flexibility index (Phi) is 12.5. The van der Waals surface area contributed by atoms with E-state index in [4.69, 9.17) is 14.2 Å². The highest BCUT2D eigenvalue weighted by atomic mass is 16.5. The van der Waals surface area contributed by atoms with Crippen molar-refractivity contribution >= 4 is 35.3 Å². The Labute approximate surface area is 241 Å². The predicted molar refractivity (Wildman–Crippen MR) is 155 cm³/mol. The maximum atomic E-state index is 13.4. The van der Waals surface area contributed by atoms with Crippen molar-refractivity contribution in [2.45, 2.75) is 40.0 Å². The van der Waals surface area contributed by atoms with E-state index in [1.807, 2.05) is 6.92 Å². The number of phenols is 1. The number of hydrogen-bond donors (Lipinski definition) is 3. The van der Waals surface area contributed by atoms with Crippen LogP contribution in [0.25, 0.3) is 6.08 Å². The zero-order chi connectivity index (χ0) is 30.6. The van der Waals surface area contributed by atoms with Crippen molar-refractivity contribution in [3.8, 4) is 11.5 Å². The molecule has 0 heterocycles. The van der Waals surface area contributed by atoms with E-state index in [0.717, 1.165) is 0 Å². The number of methoxy groups -OCH3 is 3. The molecule has 10 heteroatoms. The van der Waals surface area contributed by atoms with Crippen LogP contribution in [0.3, 0.4) is 0 Å². The molecule has 2 aromatic carbocycles. The van der Waals surface area contributed by atoms with Crippen molar-refractivity contribution in [1.82, 2.24) is 5.32 Å². The van der Waals surface area contributed by atoms with Gasteiger partial charge in [-0.1, -0.05) is 32.9 Å². The van der Waals surface area contributed by atoms with E-state index < -0.39 is 23.2 Å². The van der Waals surface area contributed by atoms with Gasteiger partial charge in [-0.2, -0.15) is 0 Å². The molecule has 3 unspecified atom stereocenters. The lowest BCUT2D eigenvalue weighted by Crippen LogP contribution is -2.41. The number of nitrogens with one attached hydrogen (secondary N) is 2. The maximum Gasteiger partial charge on any atom is 0.308 e. The standard InChI is InChI=1S/C31H40N2O8/c1-7-31(3,18-23(28(36)32-19-39-4)16-20(2)29(37)41-6)30(38)33-24-12-10-22(11-13-24)25(34)14-8-21-9-15-26(35)27(17-21)40-5/h8-15,17,20,23,35H,7,16,18-19H2,1-6H3,(H,32,36)(H,33,38)/b14-8+. The van der Waals surface area contributed by atoms with E-state index >= 15 is 0 Å². The minimum atomic E-state index is -0.923. The Morgan fingerprint density at radius 2 is 1.73 bits per heavy atom. The molecule has 0 saturated heterocycles. The van der Waals surface area contributed by atoms with E-state index in [2.05, 4.69) is 10.6 Å². The summed E-state index contributed by atoms with van der Waals surface area (Å²) in [6, 6.07) is 11.3. The van der Waals surface area contributed by atoms with Crippen molar-refractivity contribution in [2.24, 2.45) is 17.3 Å². The number of phenolic OH excluding ortho intramolecular Hbond substituents is 1. The molecular formula is C31H40N2O8. The second kappa shape index (κ2) is 15.6. The highest BCUT2D eigenvalue weighted by Crippen LogP contribution is 2.34. The first-order valence-corrected chi connectivity index (χ1v) is 13.3. The van der Waals surface area contributed by atoms with Gasteiger partial charge in [0.2, 0.25) is 11.8 Å². The molecule has 0 bridgehead atoms. The van der Waals surface area contributed by atoms with E-state index in [-0.39, 0.29) is 42.9 Å². The summed E-state index contributed by atoms with van der Waals surface area (Å²) in [5.74, 6) is -2.10. The topological polar surface area (TPSA) is 140 Å². The second-order valence-electron chi connectivity index (χ2n) is 10.1. The fraction of sp³-hybridized carbons (Fsp3) is 0.419. The Balaban J connectivity index is 2.13. The molecule has 0 fully saturated rings. The first-order chi connectivity index (χ1) is 19.5. The van der Waals surface area contributed by atoms with Crippen LogP contribution in [0.4, 0.5) is 5.69 Å². The Hall–Kier alpha value is -4.18. The molecule has 10 nitrogen and oxygen atoms in total. The number of ketones is 1.